The third-order valence-corrected chi connectivity index (χ3v) is 5.94. The molecule has 1 unspecified atom stereocenters. The largest absolute Gasteiger partial charge is 0.489 e. The van der Waals surface area contributed by atoms with Crippen molar-refractivity contribution < 1.29 is 14.6 Å². The molecule has 0 saturated carbocycles. The second-order valence-corrected chi connectivity index (χ2v) is 7.56. The Bertz CT molecular complexity index is 953. The Hall–Kier alpha value is -2.38. The molecule has 1 aliphatic rings. The molecule has 7 heteroatoms. The fourth-order valence-corrected chi connectivity index (χ4v) is 4.54. The number of carboxylic acids is 1. The Balaban J connectivity index is 1.53. The van der Waals surface area contributed by atoms with E-state index in [2.05, 4.69) is 9.98 Å². The van der Waals surface area contributed by atoms with Crippen LogP contribution in [-0.4, -0.2) is 32.9 Å². The Morgan fingerprint density at radius 3 is 2.84 bits per heavy atom. The van der Waals surface area contributed by atoms with Crippen molar-refractivity contribution >= 4 is 44.3 Å². The van der Waals surface area contributed by atoms with Crippen molar-refractivity contribution in [3.05, 3.63) is 59.1 Å². The minimum absolute atomic E-state index is 0.464. The molecule has 0 amide bonds. The minimum atomic E-state index is -0.889. The van der Waals surface area contributed by atoms with E-state index in [1.54, 1.807) is 0 Å². The lowest BCUT2D eigenvalue weighted by molar-refractivity contribution is -0.137. The number of fused-ring (bicyclic) bond motifs is 1. The van der Waals surface area contributed by atoms with Gasteiger partial charge in [0, 0.05) is 5.75 Å². The lowest BCUT2D eigenvalue weighted by atomic mass is 10.2. The highest BCUT2D eigenvalue weighted by molar-refractivity contribution is 8.15. The number of carboxylic acid groups (broad SMARTS) is 1. The summed E-state index contributed by atoms with van der Waals surface area (Å²) in [6.45, 7) is 0.515. The maximum atomic E-state index is 11.0. The van der Waals surface area contributed by atoms with Crippen molar-refractivity contribution in [1.29, 1.82) is 0 Å². The summed E-state index contributed by atoms with van der Waals surface area (Å²) in [5, 5.41) is 10.5. The fraction of sp³-hybridized carbons (Fsp3) is 0.167. The third-order valence-electron chi connectivity index (χ3n) is 3.73. The zero-order valence-electron chi connectivity index (χ0n) is 13.1. The molecule has 1 atom stereocenters. The molecular formula is C18H14N2O3S2. The van der Waals surface area contributed by atoms with Gasteiger partial charge in [-0.05, 0) is 23.8 Å². The molecule has 5 nitrogen and oxygen atoms in total. The van der Waals surface area contributed by atoms with Crippen LogP contribution in [0.4, 0.5) is 0 Å². The number of carbonyl (C=O) groups is 1. The number of nitrogens with zero attached hydrogens (tertiary/aromatic N) is 2. The fourth-order valence-electron chi connectivity index (χ4n) is 2.44. The van der Waals surface area contributed by atoms with Gasteiger partial charge in [-0.3, -0.25) is 4.99 Å². The SMILES string of the molecule is O=C(O)C1CSC(c2nc3ccc(OCc4ccccc4)cc3s2)=N1. The van der Waals surface area contributed by atoms with E-state index in [1.807, 2.05) is 48.5 Å². The van der Waals surface area contributed by atoms with E-state index in [0.717, 1.165) is 26.5 Å². The van der Waals surface area contributed by atoms with E-state index in [-0.39, 0.29) is 0 Å². The smallest absolute Gasteiger partial charge is 0.329 e. The third kappa shape index (κ3) is 3.52. The first kappa shape index (κ1) is 16.1. The molecule has 0 radical (unpaired) electrons. The van der Waals surface area contributed by atoms with Crippen LogP contribution >= 0.6 is 23.1 Å². The van der Waals surface area contributed by atoms with Crippen LogP contribution in [0.15, 0.2) is 53.5 Å². The Labute approximate surface area is 152 Å². The maximum Gasteiger partial charge on any atom is 0.329 e. The van der Waals surface area contributed by atoms with Gasteiger partial charge in [0.1, 0.15) is 22.4 Å². The molecule has 3 aromatic rings. The lowest BCUT2D eigenvalue weighted by Crippen LogP contribution is -2.17. The van der Waals surface area contributed by atoms with Crippen LogP contribution in [0.3, 0.4) is 0 Å². The van der Waals surface area contributed by atoms with Gasteiger partial charge in [-0.2, -0.15) is 0 Å². The number of thioether (sulfide) groups is 1. The lowest BCUT2D eigenvalue weighted by Gasteiger charge is -2.05. The number of benzene rings is 2. The number of thiazole rings is 1. The predicted octanol–water partition coefficient (Wildman–Crippen LogP) is 3.82. The number of aromatic nitrogens is 1. The predicted molar refractivity (Wildman–Crippen MR) is 101 cm³/mol. The van der Waals surface area contributed by atoms with Gasteiger partial charge in [-0.15, -0.1) is 23.1 Å². The van der Waals surface area contributed by atoms with Crippen molar-refractivity contribution in [3.63, 3.8) is 0 Å². The van der Waals surface area contributed by atoms with Crippen LogP contribution in [0.25, 0.3) is 10.2 Å². The van der Waals surface area contributed by atoms with Crippen LogP contribution in [0.5, 0.6) is 5.75 Å². The van der Waals surface area contributed by atoms with Gasteiger partial charge >= 0.3 is 5.97 Å². The quantitative estimate of drug-likeness (QED) is 0.739. The minimum Gasteiger partial charge on any atom is -0.489 e. The number of hydrogen-bond acceptors (Lipinski definition) is 6. The van der Waals surface area contributed by atoms with E-state index in [0.29, 0.717) is 17.4 Å². The maximum absolute atomic E-state index is 11.0. The first-order valence-electron chi connectivity index (χ1n) is 7.70. The first-order valence-corrected chi connectivity index (χ1v) is 9.50. The molecule has 1 N–H and O–H groups in total. The Morgan fingerprint density at radius 1 is 1.24 bits per heavy atom. The summed E-state index contributed by atoms with van der Waals surface area (Å²) < 4.78 is 6.85. The summed E-state index contributed by atoms with van der Waals surface area (Å²) in [5.74, 6) is 0.364. The number of hydrogen-bond donors (Lipinski definition) is 1. The average Bonchev–Trinajstić information content (AvgIpc) is 3.27. The van der Waals surface area contributed by atoms with Crippen molar-refractivity contribution in [1.82, 2.24) is 4.98 Å². The molecule has 126 valence electrons. The molecule has 2 aromatic carbocycles. The highest BCUT2D eigenvalue weighted by Crippen LogP contribution is 2.31. The number of aliphatic carboxylic acids is 1. The van der Waals surface area contributed by atoms with Crippen LogP contribution < -0.4 is 4.74 Å². The molecule has 0 spiro atoms. The molecule has 0 aliphatic carbocycles. The Kier molecular flexibility index (Phi) is 4.42. The van der Waals surface area contributed by atoms with Gasteiger partial charge in [0.25, 0.3) is 0 Å². The first-order chi connectivity index (χ1) is 12.2. The normalized spacial score (nSPS) is 16.8. The molecular weight excluding hydrogens is 356 g/mol. The van der Waals surface area contributed by atoms with E-state index in [4.69, 9.17) is 9.84 Å². The summed E-state index contributed by atoms with van der Waals surface area (Å²) in [6.07, 6.45) is 0. The van der Waals surface area contributed by atoms with Crippen LogP contribution in [0, 0.1) is 0 Å². The van der Waals surface area contributed by atoms with Crippen molar-refractivity contribution in [2.45, 2.75) is 12.6 Å². The highest BCUT2D eigenvalue weighted by atomic mass is 32.2. The number of rotatable bonds is 5. The van der Waals surface area contributed by atoms with Crippen molar-refractivity contribution in [2.24, 2.45) is 4.99 Å². The summed E-state index contributed by atoms with van der Waals surface area (Å²) in [5.41, 5.74) is 1.98. The van der Waals surface area contributed by atoms with Gasteiger partial charge < -0.3 is 9.84 Å². The van der Waals surface area contributed by atoms with Crippen LogP contribution in [-0.2, 0) is 11.4 Å². The van der Waals surface area contributed by atoms with Crippen molar-refractivity contribution in [3.8, 4) is 5.75 Å². The zero-order valence-corrected chi connectivity index (χ0v) is 14.7. The second-order valence-electron chi connectivity index (χ2n) is 5.52. The highest BCUT2D eigenvalue weighted by Gasteiger charge is 2.26. The molecule has 0 fully saturated rings. The standard InChI is InChI=1S/C18H14N2O3S2/c21-18(22)14-10-24-16(20-14)17-19-13-7-6-12(8-15(13)25-17)23-9-11-4-2-1-3-5-11/h1-8,14H,9-10H2,(H,21,22). The van der Waals surface area contributed by atoms with E-state index < -0.39 is 12.0 Å². The molecule has 2 heterocycles. The van der Waals surface area contributed by atoms with Crippen LogP contribution in [0.2, 0.25) is 0 Å². The monoisotopic (exact) mass is 370 g/mol. The van der Waals surface area contributed by atoms with E-state index >= 15 is 0 Å². The summed E-state index contributed by atoms with van der Waals surface area (Å²) in [7, 11) is 0. The average molecular weight is 370 g/mol. The van der Waals surface area contributed by atoms with E-state index in [1.165, 1.54) is 23.1 Å². The van der Waals surface area contributed by atoms with Gasteiger partial charge in [-0.1, -0.05) is 30.3 Å². The topological polar surface area (TPSA) is 71.8 Å². The molecule has 1 aliphatic heterocycles. The van der Waals surface area contributed by atoms with Gasteiger partial charge in [0.05, 0.1) is 10.2 Å². The zero-order chi connectivity index (χ0) is 17.2. The Morgan fingerprint density at radius 2 is 2.08 bits per heavy atom. The van der Waals surface area contributed by atoms with Gasteiger partial charge in [0.15, 0.2) is 6.04 Å². The number of aliphatic imine (C=N–C) groups is 1. The number of ether oxygens (including phenoxy) is 1. The molecule has 25 heavy (non-hydrogen) atoms. The molecule has 1 aromatic heterocycles. The second kappa shape index (κ2) is 6.85. The summed E-state index contributed by atoms with van der Waals surface area (Å²) in [6, 6.07) is 15.1. The van der Waals surface area contributed by atoms with E-state index in [9.17, 15) is 4.79 Å². The summed E-state index contributed by atoms with van der Waals surface area (Å²) >= 11 is 2.95. The molecule has 4 rings (SSSR count). The van der Waals surface area contributed by atoms with Crippen molar-refractivity contribution in [2.75, 3.05) is 5.75 Å². The molecule has 0 bridgehead atoms. The summed E-state index contributed by atoms with van der Waals surface area (Å²) in [4.78, 5) is 19.8. The van der Waals surface area contributed by atoms with Crippen LogP contribution in [0.1, 0.15) is 10.6 Å². The van der Waals surface area contributed by atoms with Gasteiger partial charge in [0.2, 0.25) is 0 Å². The molecule has 0 saturated heterocycles. The van der Waals surface area contributed by atoms with Gasteiger partial charge in [-0.25, -0.2) is 9.78 Å².